The van der Waals surface area contributed by atoms with Gasteiger partial charge >= 0.3 is 12.3 Å². The number of amides is 1. The van der Waals surface area contributed by atoms with E-state index in [1.165, 1.54) is 17.0 Å². The summed E-state index contributed by atoms with van der Waals surface area (Å²) in [5.41, 5.74) is 0.0567. The van der Waals surface area contributed by atoms with Gasteiger partial charge in [0.2, 0.25) is 0 Å². The van der Waals surface area contributed by atoms with Crippen molar-refractivity contribution in [2.24, 2.45) is 5.92 Å². The normalized spacial score (nSPS) is 16.3. The van der Waals surface area contributed by atoms with Crippen LogP contribution in [0.4, 0.5) is 13.2 Å². The Kier molecular flexibility index (Phi) is 5.18. The minimum absolute atomic E-state index is 0.0567. The number of carbonyl (C=O) groups excluding carboxylic acids is 1. The zero-order valence-electron chi connectivity index (χ0n) is 11.8. The Morgan fingerprint density at radius 2 is 1.87 bits per heavy atom. The molecule has 1 aromatic rings. The average molecular weight is 396 g/mol. The molecule has 0 atom stereocenters. The van der Waals surface area contributed by atoms with Gasteiger partial charge in [-0.1, -0.05) is 0 Å². The van der Waals surface area contributed by atoms with Crippen molar-refractivity contribution in [2.45, 2.75) is 19.2 Å². The van der Waals surface area contributed by atoms with Gasteiger partial charge in [-0.15, -0.1) is 13.2 Å². The minimum atomic E-state index is -4.86. The van der Waals surface area contributed by atoms with Crippen molar-refractivity contribution in [3.63, 3.8) is 0 Å². The number of carboxylic acids is 1. The largest absolute Gasteiger partial charge is 0.573 e. The van der Waals surface area contributed by atoms with Crippen molar-refractivity contribution < 1.29 is 32.6 Å². The van der Waals surface area contributed by atoms with Crippen LogP contribution in [-0.2, 0) is 4.79 Å². The van der Waals surface area contributed by atoms with Gasteiger partial charge in [0.15, 0.2) is 0 Å². The van der Waals surface area contributed by atoms with Gasteiger partial charge in [-0.05, 0) is 47.0 Å². The highest BCUT2D eigenvalue weighted by atomic mass is 79.9. The molecule has 0 aromatic heterocycles. The first-order valence-electron chi connectivity index (χ1n) is 6.75. The van der Waals surface area contributed by atoms with Crippen LogP contribution in [0.2, 0.25) is 0 Å². The topological polar surface area (TPSA) is 66.8 Å². The fraction of sp³-hybridized carbons (Fsp3) is 0.429. The molecule has 1 aliphatic heterocycles. The maximum Gasteiger partial charge on any atom is 0.573 e. The van der Waals surface area contributed by atoms with E-state index in [0.29, 0.717) is 12.8 Å². The molecule has 1 saturated heterocycles. The highest BCUT2D eigenvalue weighted by Gasteiger charge is 2.33. The second-order valence-corrected chi connectivity index (χ2v) is 5.95. The van der Waals surface area contributed by atoms with Gasteiger partial charge in [-0.3, -0.25) is 9.59 Å². The van der Waals surface area contributed by atoms with Crippen molar-refractivity contribution in [1.82, 2.24) is 4.90 Å². The molecular formula is C14H13BrF3NO4. The molecule has 1 aromatic carbocycles. The van der Waals surface area contributed by atoms with E-state index in [2.05, 4.69) is 20.7 Å². The van der Waals surface area contributed by atoms with Crippen LogP contribution in [-0.4, -0.2) is 41.3 Å². The first kappa shape index (κ1) is 17.6. The first-order chi connectivity index (χ1) is 10.7. The summed E-state index contributed by atoms with van der Waals surface area (Å²) < 4.78 is 40.9. The van der Waals surface area contributed by atoms with Gasteiger partial charge in [0.05, 0.1) is 10.4 Å². The number of rotatable bonds is 3. The molecule has 1 fully saturated rings. The van der Waals surface area contributed by atoms with E-state index in [1.807, 2.05) is 0 Å². The van der Waals surface area contributed by atoms with E-state index in [0.717, 1.165) is 6.07 Å². The summed E-state index contributed by atoms with van der Waals surface area (Å²) in [5, 5.41) is 8.92. The summed E-state index contributed by atoms with van der Waals surface area (Å²) in [5.74, 6) is -2.34. The molecule has 1 aliphatic rings. The number of piperidine rings is 1. The molecule has 1 heterocycles. The predicted molar refractivity (Wildman–Crippen MR) is 77.1 cm³/mol. The Labute approximate surface area is 138 Å². The monoisotopic (exact) mass is 395 g/mol. The van der Waals surface area contributed by atoms with Crippen molar-refractivity contribution in [3.8, 4) is 5.75 Å². The zero-order chi connectivity index (χ0) is 17.2. The van der Waals surface area contributed by atoms with E-state index in [9.17, 15) is 22.8 Å². The third kappa shape index (κ3) is 4.60. The van der Waals surface area contributed by atoms with Crippen LogP contribution >= 0.6 is 15.9 Å². The number of carbonyl (C=O) groups is 2. The molecule has 23 heavy (non-hydrogen) atoms. The SMILES string of the molecule is O=C(O)C1CCN(C(=O)c2ccc(Br)c(OC(F)(F)F)c2)CC1. The Balaban J connectivity index is 2.11. The Morgan fingerprint density at radius 3 is 2.39 bits per heavy atom. The second-order valence-electron chi connectivity index (χ2n) is 5.10. The van der Waals surface area contributed by atoms with Gasteiger partial charge < -0.3 is 14.7 Å². The highest BCUT2D eigenvalue weighted by Crippen LogP contribution is 2.32. The molecule has 0 saturated carbocycles. The number of ether oxygens (including phenoxy) is 1. The molecule has 0 spiro atoms. The second kappa shape index (κ2) is 6.77. The number of halogens is 4. The van der Waals surface area contributed by atoms with Gasteiger partial charge in [-0.2, -0.15) is 0 Å². The van der Waals surface area contributed by atoms with Crippen molar-refractivity contribution >= 4 is 27.8 Å². The van der Waals surface area contributed by atoms with E-state index in [4.69, 9.17) is 5.11 Å². The molecule has 0 radical (unpaired) electrons. The van der Waals surface area contributed by atoms with Crippen LogP contribution in [0.15, 0.2) is 22.7 Å². The molecule has 126 valence electrons. The lowest BCUT2D eigenvalue weighted by molar-refractivity contribution is -0.274. The van der Waals surface area contributed by atoms with Crippen LogP contribution in [0.3, 0.4) is 0 Å². The van der Waals surface area contributed by atoms with Crippen molar-refractivity contribution in [2.75, 3.05) is 13.1 Å². The molecule has 0 unspecified atom stereocenters. The lowest BCUT2D eigenvalue weighted by Crippen LogP contribution is -2.40. The highest BCUT2D eigenvalue weighted by molar-refractivity contribution is 9.10. The third-order valence-electron chi connectivity index (χ3n) is 3.54. The fourth-order valence-corrected chi connectivity index (χ4v) is 2.68. The minimum Gasteiger partial charge on any atom is -0.481 e. The first-order valence-corrected chi connectivity index (χ1v) is 7.54. The van der Waals surface area contributed by atoms with Crippen molar-refractivity contribution in [1.29, 1.82) is 0 Å². The van der Waals surface area contributed by atoms with Crippen LogP contribution in [0, 0.1) is 5.92 Å². The van der Waals surface area contributed by atoms with E-state index >= 15 is 0 Å². The summed E-state index contributed by atoms with van der Waals surface area (Å²) in [6.45, 7) is 0.503. The smallest absolute Gasteiger partial charge is 0.481 e. The number of carboxylic acid groups (broad SMARTS) is 1. The quantitative estimate of drug-likeness (QED) is 0.852. The standard InChI is InChI=1S/C14H13BrF3NO4/c15-10-2-1-9(7-11(10)23-14(16,17)18)12(20)19-5-3-8(4-6-19)13(21)22/h1-2,7-8H,3-6H2,(H,21,22). The van der Waals surface area contributed by atoms with Gasteiger partial charge in [0.1, 0.15) is 5.75 Å². The number of alkyl halides is 3. The van der Waals surface area contributed by atoms with Crippen molar-refractivity contribution in [3.05, 3.63) is 28.2 Å². The number of hydrogen-bond donors (Lipinski definition) is 1. The van der Waals surface area contributed by atoms with Crippen LogP contribution in [0.1, 0.15) is 23.2 Å². The lowest BCUT2D eigenvalue weighted by atomic mass is 9.96. The van der Waals surface area contributed by atoms with Gasteiger partial charge in [-0.25, -0.2) is 0 Å². The summed E-state index contributed by atoms with van der Waals surface area (Å²) in [7, 11) is 0. The Morgan fingerprint density at radius 1 is 1.26 bits per heavy atom. The number of nitrogens with zero attached hydrogens (tertiary/aromatic N) is 1. The molecule has 1 amide bonds. The maximum atomic E-state index is 12.3. The molecule has 0 bridgehead atoms. The van der Waals surface area contributed by atoms with Crippen LogP contribution in [0.25, 0.3) is 0 Å². The number of aliphatic carboxylic acids is 1. The average Bonchev–Trinajstić information content (AvgIpc) is 2.47. The number of hydrogen-bond acceptors (Lipinski definition) is 3. The molecule has 2 rings (SSSR count). The molecule has 9 heteroatoms. The van der Waals surface area contributed by atoms with Gasteiger partial charge in [0.25, 0.3) is 5.91 Å². The third-order valence-corrected chi connectivity index (χ3v) is 4.19. The van der Waals surface area contributed by atoms with Gasteiger partial charge in [0, 0.05) is 18.7 Å². The summed E-state index contributed by atoms with van der Waals surface area (Å²) >= 11 is 2.94. The summed E-state index contributed by atoms with van der Waals surface area (Å²) in [6, 6.07) is 3.71. The summed E-state index contributed by atoms with van der Waals surface area (Å²) in [6.07, 6.45) is -4.21. The van der Waals surface area contributed by atoms with E-state index in [1.54, 1.807) is 0 Å². The predicted octanol–water partition coefficient (Wildman–Crippen LogP) is 3.28. The molecular weight excluding hydrogens is 383 g/mol. The Bertz CT molecular complexity index is 613. The van der Waals surface area contributed by atoms with Crippen LogP contribution < -0.4 is 4.74 Å². The maximum absolute atomic E-state index is 12.3. The fourth-order valence-electron chi connectivity index (χ4n) is 2.35. The molecule has 0 aliphatic carbocycles. The molecule has 5 nitrogen and oxygen atoms in total. The van der Waals surface area contributed by atoms with E-state index in [-0.39, 0.29) is 23.1 Å². The summed E-state index contributed by atoms with van der Waals surface area (Å²) in [4.78, 5) is 24.6. The van der Waals surface area contributed by atoms with E-state index < -0.39 is 29.9 Å². The molecule has 1 N–H and O–H groups in total. The zero-order valence-corrected chi connectivity index (χ0v) is 13.4. The number of benzene rings is 1. The lowest BCUT2D eigenvalue weighted by Gasteiger charge is -2.30. The Hall–Kier alpha value is -1.77. The number of likely N-dealkylation sites (tertiary alicyclic amines) is 1. The van der Waals surface area contributed by atoms with Crippen LogP contribution in [0.5, 0.6) is 5.75 Å².